The van der Waals surface area contributed by atoms with Crippen LogP contribution in [0.5, 0.6) is 0 Å². The lowest BCUT2D eigenvalue weighted by atomic mass is 10.3. The number of carbonyl (C=O) groups is 1. The van der Waals surface area contributed by atoms with Crippen molar-refractivity contribution in [2.45, 2.75) is 6.92 Å². The number of aromatic nitrogens is 1. The Morgan fingerprint density at radius 2 is 2.21 bits per heavy atom. The molecular formula is C13H14N2O3S. The van der Waals surface area contributed by atoms with Gasteiger partial charge in [0.05, 0.1) is 19.5 Å². The summed E-state index contributed by atoms with van der Waals surface area (Å²) < 4.78 is 10.6. The third kappa shape index (κ3) is 2.41. The van der Waals surface area contributed by atoms with Crippen molar-refractivity contribution >= 4 is 17.2 Å². The molecule has 3 heterocycles. The van der Waals surface area contributed by atoms with E-state index in [-0.39, 0.29) is 5.91 Å². The summed E-state index contributed by atoms with van der Waals surface area (Å²) in [6.45, 7) is 4.37. The van der Waals surface area contributed by atoms with Gasteiger partial charge in [-0.15, -0.1) is 11.3 Å². The van der Waals surface area contributed by atoms with E-state index in [0.717, 1.165) is 9.88 Å². The van der Waals surface area contributed by atoms with Gasteiger partial charge in [-0.2, -0.15) is 0 Å². The highest BCUT2D eigenvalue weighted by Crippen LogP contribution is 2.28. The van der Waals surface area contributed by atoms with E-state index in [1.165, 1.54) is 11.3 Å². The number of morpholine rings is 1. The standard InChI is InChI=1S/C13H14N2O3S/c1-9-11(13(16)15-4-7-17-8-5-15)14-12(19-9)10-3-2-6-18-10/h2-3,6H,4-5,7-8H2,1H3. The zero-order valence-electron chi connectivity index (χ0n) is 10.6. The Bertz CT molecular complexity index is 571. The number of furan rings is 1. The minimum absolute atomic E-state index is 0.0187. The Kier molecular flexibility index (Phi) is 3.35. The van der Waals surface area contributed by atoms with E-state index in [9.17, 15) is 4.79 Å². The van der Waals surface area contributed by atoms with Crippen molar-refractivity contribution in [3.05, 3.63) is 29.0 Å². The molecule has 19 heavy (non-hydrogen) atoms. The lowest BCUT2D eigenvalue weighted by Gasteiger charge is -2.26. The first kappa shape index (κ1) is 12.4. The predicted molar refractivity (Wildman–Crippen MR) is 71.3 cm³/mol. The minimum Gasteiger partial charge on any atom is -0.462 e. The molecule has 2 aromatic heterocycles. The van der Waals surface area contributed by atoms with Crippen molar-refractivity contribution in [3.63, 3.8) is 0 Å². The van der Waals surface area contributed by atoms with Crippen LogP contribution >= 0.6 is 11.3 Å². The second kappa shape index (κ2) is 5.14. The molecule has 0 atom stereocenters. The van der Waals surface area contributed by atoms with Crippen LogP contribution < -0.4 is 0 Å². The highest BCUT2D eigenvalue weighted by Gasteiger charge is 2.24. The van der Waals surface area contributed by atoms with Crippen molar-refractivity contribution in [2.24, 2.45) is 0 Å². The molecule has 6 heteroatoms. The maximum atomic E-state index is 12.4. The normalized spacial score (nSPS) is 15.7. The summed E-state index contributed by atoms with van der Waals surface area (Å²) in [5, 5.41) is 0.749. The zero-order valence-corrected chi connectivity index (χ0v) is 11.4. The maximum Gasteiger partial charge on any atom is 0.273 e. The van der Waals surface area contributed by atoms with E-state index >= 15 is 0 Å². The van der Waals surface area contributed by atoms with Crippen LogP contribution in [0.4, 0.5) is 0 Å². The molecule has 1 saturated heterocycles. The molecule has 0 N–H and O–H groups in total. The van der Waals surface area contributed by atoms with E-state index < -0.39 is 0 Å². The van der Waals surface area contributed by atoms with E-state index in [1.54, 1.807) is 11.2 Å². The Hall–Kier alpha value is -1.66. The van der Waals surface area contributed by atoms with Crippen molar-refractivity contribution in [3.8, 4) is 10.8 Å². The average molecular weight is 278 g/mol. The van der Waals surface area contributed by atoms with Gasteiger partial charge in [0.2, 0.25) is 0 Å². The number of thiazole rings is 1. The molecule has 0 radical (unpaired) electrons. The van der Waals surface area contributed by atoms with Crippen LogP contribution in [-0.4, -0.2) is 42.1 Å². The SMILES string of the molecule is Cc1sc(-c2ccco2)nc1C(=O)N1CCOCC1. The van der Waals surface area contributed by atoms with Gasteiger partial charge in [-0.3, -0.25) is 4.79 Å². The van der Waals surface area contributed by atoms with Crippen molar-refractivity contribution in [2.75, 3.05) is 26.3 Å². The fourth-order valence-corrected chi connectivity index (χ4v) is 2.89. The smallest absolute Gasteiger partial charge is 0.273 e. The van der Waals surface area contributed by atoms with Gasteiger partial charge in [-0.05, 0) is 19.1 Å². The minimum atomic E-state index is -0.0187. The van der Waals surface area contributed by atoms with Crippen LogP contribution in [0.3, 0.4) is 0 Å². The van der Waals surface area contributed by atoms with E-state index in [4.69, 9.17) is 9.15 Å². The predicted octanol–water partition coefficient (Wildman–Crippen LogP) is 2.18. The summed E-state index contributed by atoms with van der Waals surface area (Å²) in [6.07, 6.45) is 1.61. The molecular weight excluding hydrogens is 264 g/mol. The van der Waals surface area contributed by atoms with E-state index in [0.29, 0.717) is 37.8 Å². The third-order valence-electron chi connectivity index (χ3n) is 3.03. The Morgan fingerprint density at radius 3 is 2.89 bits per heavy atom. The molecule has 1 amide bonds. The molecule has 3 rings (SSSR count). The summed E-state index contributed by atoms with van der Waals surface area (Å²) in [7, 11) is 0. The highest BCUT2D eigenvalue weighted by molar-refractivity contribution is 7.15. The molecule has 0 saturated carbocycles. The van der Waals surface area contributed by atoms with Gasteiger partial charge in [-0.1, -0.05) is 0 Å². The van der Waals surface area contributed by atoms with Gasteiger partial charge in [0.25, 0.3) is 5.91 Å². The van der Waals surface area contributed by atoms with Gasteiger partial charge < -0.3 is 14.1 Å². The number of carbonyl (C=O) groups excluding carboxylic acids is 1. The summed E-state index contributed by atoms with van der Waals surface area (Å²) in [4.78, 5) is 19.5. The number of hydrogen-bond donors (Lipinski definition) is 0. The van der Waals surface area contributed by atoms with E-state index in [2.05, 4.69) is 4.98 Å². The van der Waals surface area contributed by atoms with Crippen LogP contribution in [-0.2, 0) is 4.74 Å². The fraction of sp³-hybridized carbons (Fsp3) is 0.385. The molecule has 0 spiro atoms. The number of nitrogens with zero attached hydrogens (tertiary/aromatic N) is 2. The molecule has 1 aliphatic heterocycles. The molecule has 0 aliphatic carbocycles. The topological polar surface area (TPSA) is 55.6 Å². The van der Waals surface area contributed by atoms with Crippen molar-refractivity contribution in [1.82, 2.24) is 9.88 Å². The first-order valence-corrected chi connectivity index (χ1v) is 6.95. The summed E-state index contributed by atoms with van der Waals surface area (Å²) in [6, 6.07) is 3.66. The van der Waals surface area contributed by atoms with Crippen LogP contribution in [0.15, 0.2) is 22.8 Å². The van der Waals surface area contributed by atoms with Gasteiger partial charge in [0.15, 0.2) is 10.8 Å². The highest BCUT2D eigenvalue weighted by atomic mass is 32.1. The van der Waals surface area contributed by atoms with Crippen molar-refractivity contribution in [1.29, 1.82) is 0 Å². The molecule has 2 aromatic rings. The van der Waals surface area contributed by atoms with Crippen LogP contribution in [0.1, 0.15) is 15.4 Å². The Balaban J connectivity index is 1.86. The Labute approximate surface area is 114 Å². The first-order valence-electron chi connectivity index (χ1n) is 6.14. The molecule has 1 fully saturated rings. The number of rotatable bonds is 2. The molecule has 100 valence electrons. The largest absolute Gasteiger partial charge is 0.462 e. The number of amides is 1. The maximum absolute atomic E-state index is 12.4. The summed E-state index contributed by atoms with van der Waals surface area (Å²) in [5.41, 5.74) is 0.526. The monoisotopic (exact) mass is 278 g/mol. The van der Waals surface area contributed by atoms with Gasteiger partial charge in [0.1, 0.15) is 5.69 Å². The summed E-state index contributed by atoms with van der Waals surface area (Å²) in [5.74, 6) is 0.684. The third-order valence-corrected chi connectivity index (χ3v) is 4.01. The lowest BCUT2D eigenvalue weighted by molar-refractivity contribution is 0.0299. The summed E-state index contributed by atoms with van der Waals surface area (Å²) >= 11 is 1.48. The lowest BCUT2D eigenvalue weighted by Crippen LogP contribution is -2.41. The second-order valence-corrected chi connectivity index (χ2v) is 5.51. The van der Waals surface area contributed by atoms with E-state index in [1.807, 2.05) is 19.1 Å². The molecule has 0 unspecified atom stereocenters. The first-order chi connectivity index (χ1) is 9.25. The quantitative estimate of drug-likeness (QED) is 0.845. The number of hydrogen-bond acceptors (Lipinski definition) is 5. The van der Waals surface area contributed by atoms with Crippen LogP contribution in [0.2, 0.25) is 0 Å². The number of aryl methyl sites for hydroxylation is 1. The molecule has 1 aliphatic rings. The second-order valence-electron chi connectivity index (χ2n) is 4.31. The molecule has 0 bridgehead atoms. The fourth-order valence-electron chi connectivity index (χ4n) is 2.02. The zero-order chi connectivity index (χ0) is 13.2. The Morgan fingerprint density at radius 1 is 1.42 bits per heavy atom. The molecule has 5 nitrogen and oxygen atoms in total. The number of ether oxygens (including phenoxy) is 1. The van der Waals surface area contributed by atoms with Gasteiger partial charge in [0, 0.05) is 18.0 Å². The van der Waals surface area contributed by atoms with Gasteiger partial charge in [-0.25, -0.2) is 4.98 Å². The van der Waals surface area contributed by atoms with Crippen molar-refractivity contribution < 1.29 is 13.9 Å². The van der Waals surface area contributed by atoms with Crippen LogP contribution in [0.25, 0.3) is 10.8 Å². The van der Waals surface area contributed by atoms with Crippen LogP contribution in [0, 0.1) is 6.92 Å². The van der Waals surface area contributed by atoms with Gasteiger partial charge >= 0.3 is 0 Å². The average Bonchev–Trinajstić information content (AvgIpc) is 3.08. The molecule has 0 aromatic carbocycles.